The normalized spacial score (nSPS) is 19.8. The number of methoxy groups -OCH3 is 1. The number of likely N-dealkylation sites (N-methyl/N-ethyl adjacent to an activating group) is 2. The van der Waals surface area contributed by atoms with E-state index in [0.717, 1.165) is 252 Å². The van der Waals surface area contributed by atoms with Gasteiger partial charge in [0.1, 0.15) is 80.2 Å². The minimum Gasteiger partial charge on any atom is -0.497 e. The lowest BCUT2D eigenvalue weighted by Crippen LogP contribution is -2.54. The third-order valence-electron chi connectivity index (χ3n) is 30.2. The summed E-state index contributed by atoms with van der Waals surface area (Å²) in [6.45, 7) is 29.3. The first-order chi connectivity index (χ1) is 70.2. The van der Waals surface area contributed by atoms with Gasteiger partial charge >= 0.3 is 0 Å². The van der Waals surface area contributed by atoms with E-state index in [2.05, 4.69) is 169 Å². The van der Waals surface area contributed by atoms with Crippen molar-refractivity contribution < 1.29 is 22.7 Å². The van der Waals surface area contributed by atoms with Gasteiger partial charge in [-0.05, 0) is 315 Å². The van der Waals surface area contributed by atoms with E-state index >= 15 is 0 Å². The number of Topliss-reactive ketones (excluding diaryl/α,β-unsaturated/α-hetero) is 1. The Balaban J connectivity index is 0.000000100. The van der Waals surface area contributed by atoms with Crippen molar-refractivity contribution in [3.05, 3.63) is 248 Å². The smallest absolute Gasteiger partial charge is 0.275 e. The number of carbonyl (C=O) groups is 1. The van der Waals surface area contributed by atoms with Crippen molar-refractivity contribution in [3.63, 3.8) is 0 Å². The summed E-state index contributed by atoms with van der Waals surface area (Å²) in [4.78, 5) is 90.4. The summed E-state index contributed by atoms with van der Waals surface area (Å²) in [5, 5.41) is 15.8. The zero-order valence-corrected chi connectivity index (χ0v) is 84.7. The quantitative estimate of drug-likeness (QED) is 0.109. The molecule has 145 heavy (non-hydrogen) atoms. The van der Waals surface area contributed by atoms with Crippen molar-refractivity contribution >= 4 is 168 Å². The van der Waals surface area contributed by atoms with Gasteiger partial charge in [-0.3, -0.25) is 36.6 Å². The Kier molecular flexibility index (Phi) is 25.2. The number of ketones is 1. The number of fused-ring (bicyclic) bond motifs is 25. The summed E-state index contributed by atoms with van der Waals surface area (Å²) >= 11 is 6.30. The van der Waals surface area contributed by atoms with Crippen LogP contribution in [0.15, 0.2) is 192 Å². The molecule has 28 nitrogen and oxygen atoms in total. The van der Waals surface area contributed by atoms with E-state index in [9.17, 15) is 27.6 Å². The SMILES string of the molecule is CCn1c(=O)c2cc3cc(F)ccc3n2c2nc(N3C[C@@H](C)N[C@@H](C)C3)ccc21.CN1CCCN(c2ccc3nc(CC4CC4)c4cc5cc(Cl)ccc5n4c3n2)CC1.COc1ccc2c(c1)cc1c(CC3CC3)nc3ccc(N4CCCN(C)CC4)nc3n12.C[C@@H]1CN(c2ccc3c(n2)-n2c(cc4cc(F)ccc42)C(=O)C3)C[C@H](C)N1.C[C@@H]1CN(c2ccc3c(n2)n2c(cc4cc(F)ccc42)c(=O)n3C)C[C@H](C)N1. The van der Waals surface area contributed by atoms with Gasteiger partial charge in [0, 0.05) is 172 Å². The predicted molar refractivity (Wildman–Crippen MR) is 576 cm³/mol. The first-order valence-electron chi connectivity index (χ1n) is 51.4. The van der Waals surface area contributed by atoms with Crippen molar-refractivity contribution in [2.75, 3.05) is 137 Å². The molecule has 8 aliphatic rings. The predicted octanol–water partition coefficient (Wildman–Crippen LogP) is 17.8. The molecular weight excluding hydrogens is 1850 g/mol. The second-order valence-corrected chi connectivity index (χ2v) is 42.0. The third-order valence-corrected chi connectivity index (χ3v) is 30.4. The van der Waals surface area contributed by atoms with Crippen molar-refractivity contribution in [2.45, 2.75) is 149 Å². The van der Waals surface area contributed by atoms with Gasteiger partial charge in [-0.25, -0.2) is 48.1 Å². The molecule has 19 aromatic rings. The highest BCUT2D eigenvalue weighted by molar-refractivity contribution is 6.31. The molecule has 7 fully saturated rings. The minimum absolute atomic E-state index is 0.0399. The van der Waals surface area contributed by atoms with Gasteiger partial charge in [-0.15, -0.1) is 0 Å². The van der Waals surface area contributed by atoms with Gasteiger partial charge in [0.2, 0.25) is 0 Å². The first kappa shape index (κ1) is 94.7. The van der Waals surface area contributed by atoms with Crippen LogP contribution in [-0.4, -0.2) is 231 Å². The number of halogens is 4. The van der Waals surface area contributed by atoms with Gasteiger partial charge in [-0.1, -0.05) is 17.7 Å². The fraction of sp³-hybridized carbons (Fsp3) is 0.381. The van der Waals surface area contributed by atoms with Crippen LogP contribution in [0.25, 0.3) is 127 Å². The zero-order chi connectivity index (χ0) is 99.8. The molecule has 0 amide bonds. The lowest BCUT2D eigenvalue weighted by molar-refractivity contribution is 0.0982. The Morgan fingerprint density at radius 2 is 0.766 bits per heavy atom. The van der Waals surface area contributed by atoms with E-state index < -0.39 is 0 Å². The monoisotopic (exact) mass is 1970 g/mol. The maximum absolute atomic E-state index is 13.8. The van der Waals surface area contributed by atoms with E-state index in [1.54, 1.807) is 59.7 Å². The second kappa shape index (κ2) is 38.6. The molecule has 27 rings (SSSR count). The highest BCUT2D eigenvalue weighted by atomic mass is 35.5. The molecule has 20 heterocycles. The van der Waals surface area contributed by atoms with Crippen molar-refractivity contribution in [2.24, 2.45) is 18.9 Å². The Hall–Kier alpha value is -13.8. The molecule has 6 aliphatic heterocycles. The van der Waals surface area contributed by atoms with Crippen molar-refractivity contribution in [3.8, 4) is 11.6 Å². The molecule has 5 saturated heterocycles. The summed E-state index contributed by atoms with van der Waals surface area (Å²) in [5.74, 6) is 7.12. The number of aromatic nitrogens is 14. The van der Waals surface area contributed by atoms with Crippen LogP contribution >= 0.6 is 11.6 Å². The number of hydrogen-bond donors (Lipinski definition) is 3. The maximum atomic E-state index is 13.8. The fourth-order valence-corrected chi connectivity index (χ4v) is 23.1. The molecule has 0 radical (unpaired) electrons. The number of benzene rings is 5. The molecule has 746 valence electrons. The number of rotatable bonds is 11. The average Bonchev–Trinajstić information content (AvgIpc) is 1.65. The first-order valence-corrected chi connectivity index (χ1v) is 51.8. The van der Waals surface area contributed by atoms with E-state index in [-0.39, 0.29) is 34.4 Å². The molecule has 32 heteroatoms. The van der Waals surface area contributed by atoms with Gasteiger partial charge in [0.15, 0.2) is 28.4 Å². The van der Waals surface area contributed by atoms with Crippen molar-refractivity contribution in [1.82, 2.24) is 91.9 Å². The van der Waals surface area contributed by atoms with Crippen LogP contribution in [0.4, 0.5) is 42.3 Å². The highest BCUT2D eigenvalue weighted by Crippen LogP contribution is 2.41. The molecule has 0 bridgehead atoms. The summed E-state index contributed by atoms with van der Waals surface area (Å²) in [6.07, 6.45) is 10.0. The number of pyridine rings is 5. The Bertz CT molecular complexity index is 8440. The topological polar surface area (TPSA) is 242 Å². The number of anilines is 5. The molecular formula is C113H122ClF3N24O4. The van der Waals surface area contributed by atoms with Crippen LogP contribution in [0.5, 0.6) is 5.75 Å². The summed E-state index contributed by atoms with van der Waals surface area (Å²) in [7, 11) is 7.87. The van der Waals surface area contributed by atoms with Crippen LogP contribution < -0.4 is 56.3 Å². The second-order valence-electron chi connectivity index (χ2n) is 41.6. The van der Waals surface area contributed by atoms with Crippen LogP contribution in [0, 0.1) is 29.3 Å². The van der Waals surface area contributed by atoms with Crippen LogP contribution in [0.2, 0.25) is 5.02 Å². The number of carbonyl (C=O) groups excluding carboxylic acids is 1. The molecule has 6 atom stereocenters. The van der Waals surface area contributed by atoms with E-state index in [4.69, 9.17) is 51.2 Å². The van der Waals surface area contributed by atoms with Gasteiger partial charge in [0.05, 0.1) is 73.8 Å². The average molecular weight is 1970 g/mol. The lowest BCUT2D eigenvalue weighted by Gasteiger charge is -2.37. The molecule has 0 unspecified atom stereocenters. The van der Waals surface area contributed by atoms with Crippen LogP contribution in [0.3, 0.4) is 0 Å². The van der Waals surface area contributed by atoms with E-state index in [1.165, 1.54) is 95.4 Å². The molecule has 0 spiro atoms. The largest absolute Gasteiger partial charge is 0.497 e. The standard InChI is InChI=1S/C25H29N5O.C24H26ClN5.C22H24FN5O.C21H22FN5O.C21H21FN4O/c1-28-10-3-11-29(13-12-28)24-9-7-20-25(27-24)30-22-8-6-19(31-2)15-18(22)16-23(30)21(26-20)14-17-4-5-17;1-28-9-2-10-29(12-11-28)23-8-6-19-24(27-23)30-21-7-5-18(25)14-17(21)15-22(30)20(26-19)13-16-3-4-16;1-4-27-18-7-8-20(26-11-13(2)24-14(3)12-26)25-21(18)28-17-6-5-16(23)9-15(17)10-19(28)22(27)29;1-12-10-26(11-13(2)23-12)19-7-6-17-20(24-19)27-16-5-4-15(22)8-14(16)9-18(27)21(28)25(17)3;1-12-10-25(11-13(2)23-12)20-6-3-14-9-19(27)18-8-15-7-16(22)4-5-17(15)26(18)21(14)24-20/h6-9,15-17H,3-5,10-14H2,1-2H3;5-8,14-16H,2-4,9-13H2,1H3;5-10,13-14,24H,4,11-12H2,1-3H3;4-9,12-13,23H,10-11H2,1-3H3;3-8,12-13,23H,9-11H2,1-2H3/t;;13-,14+;2*12-,13+. The summed E-state index contributed by atoms with van der Waals surface area (Å²) < 4.78 is 60.2. The van der Waals surface area contributed by atoms with Crippen LogP contribution in [0.1, 0.15) is 114 Å². The van der Waals surface area contributed by atoms with E-state index in [0.29, 0.717) is 82.4 Å². The minimum atomic E-state index is -0.318. The van der Waals surface area contributed by atoms with Crippen molar-refractivity contribution in [1.29, 1.82) is 0 Å². The Morgan fingerprint density at radius 3 is 1.26 bits per heavy atom. The molecule has 5 aromatic carbocycles. The van der Waals surface area contributed by atoms with Crippen LogP contribution in [-0.2, 0) is 32.9 Å². The Labute approximate surface area is 842 Å². The number of nitrogens with one attached hydrogen (secondary N) is 3. The fourth-order valence-electron chi connectivity index (χ4n) is 23.0. The molecule has 2 saturated carbocycles. The molecule has 14 aromatic heterocycles. The maximum Gasteiger partial charge on any atom is 0.275 e. The molecule has 2 aliphatic carbocycles. The number of nitrogens with zero attached hydrogens (tertiary/aromatic N) is 21. The number of ether oxygens (including phenoxy) is 1. The summed E-state index contributed by atoms with van der Waals surface area (Å²) in [6, 6.07) is 58.8. The van der Waals surface area contributed by atoms with Gasteiger partial charge in [-0.2, -0.15) is 0 Å². The zero-order valence-electron chi connectivity index (χ0n) is 83.9. The Morgan fingerprint density at radius 1 is 0.372 bits per heavy atom. The van der Waals surface area contributed by atoms with E-state index in [1.807, 2.05) is 74.9 Å². The highest BCUT2D eigenvalue weighted by Gasteiger charge is 2.34. The number of hydrogen-bond acceptors (Lipinski definition) is 21. The van der Waals surface area contributed by atoms with Gasteiger partial charge < -0.3 is 64.1 Å². The number of aryl methyl sites for hydroxylation is 2. The summed E-state index contributed by atoms with van der Waals surface area (Å²) in [5.41, 5.74) is 18.5. The third kappa shape index (κ3) is 18.5. The van der Waals surface area contributed by atoms with Gasteiger partial charge in [0.25, 0.3) is 11.1 Å². The lowest BCUT2D eigenvalue weighted by atomic mass is 10.0. The number of piperazine rings is 3. The molecule has 3 N–H and O–H groups in total.